The minimum Gasteiger partial charge on any atom is -0.506 e. The maximum atomic E-state index is 9.60. The zero-order valence-electron chi connectivity index (χ0n) is 8.73. The van der Waals surface area contributed by atoms with Crippen LogP contribution in [0.2, 0.25) is 0 Å². The predicted molar refractivity (Wildman–Crippen MR) is 58.6 cm³/mol. The van der Waals surface area contributed by atoms with E-state index in [0.29, 0.717) is 5.69 Å². The van der Waals surface area contributed by atoms with Crippen LogP contribution in [-0.4, -0.2) is 15.1 Å². The molecule has 0 saturated carbocycles. The molecule has 0 bridgehead atoms. The summed E-state index contributed by atoms with van der Waals surface area (Å²) in [4.78, 5) is 8.49. The molecular formula is C12H12N2O. The Morgan fingerprint density at radius 1 is 1.13 bits per heavy atom. The molecule has 0 aliphatic heterocycles. The lowest BCUT2D eigenvalue weighted by molar-refractivity contribution is 0.467. The molecule has 3 heteroatoms. The summed E-state index contributed by atoms with van der Waals surface area (Å²) in [6.07, 6.45) is 1.73. The van der Waals surface area contributed by atoms with Gasteiger partial charge in [-0.2, -0.15) is 0 Å². The van der Waals surface area contributed by atoms with E-state index in [0.717, 1.165) is 17.0 Å². The van der Waals surface area contributed by atoms with E-state index in [1.807, 2.05) is 25.1 Å². The first-order chi connectivity index (χ1) is 7.18. The van der Waals surface area contributed by atoms with Crippen LogP contribution in [0.15, 0.2) is 30.5 Å². The van der Waals surface area contributed by atoms with Crippen molar-refractivity contribution in [3.05, 3.63) is 41.9 Å². The Bertz CT molecular complexity index is 480. The van der Waals surface area contributed by atoms with Crippen molar-refractivity contribution in [3.8, 4) is 17.0 Å². The van der Waals surface area contributed by atoms with Crippen molar-refractivity contribution in [2.45, 2.75) is 13.8 Å². The molecule has 0 saturated heterocycles. The van der Waals surface area contributed by atoms with Gasteiger partial charge >= 0.3 is 0 Å². The van der Waals surface area contributed by atoms with Gasteiger partial charge in [0.1, 0.15) is 5.75 Å². The third-order valence-electron chi connectivity index (χ3n) is 2.32. The van der Waals surface area contributed by atoms with Crippen LogP contribution >= 0.6 is 0 Å². The Morgan fingerprint density at radius 2 is 1.93 bits per heavy atom. The van der Waals surface area contributed by atoms with Crippen LogP contribution in [0, 0.1) is 13.8 Å². The lowest BCUT2D eigenvalue weighted by Crippen LogP contribution is -1.92. The van der Waals surface area contributed by atoms with Gasteiger partial charge in [0.2, 0.25) is 0 Å². The second-order valence-electron chi connectivity index (χ2n) is 3.44. The van der Waals surface area contributed by atoms with Gasteiger partial charge in [0.15, 0.2) is 0 Å². The largest absolute Gasteiger partial charge is 0.506 e. The van der Waals surface area contributed by atoms with Crippen LogP contribution in [-0.2, 0) is 0 Å². The molecule has 0 unspecified atom stereocenters. The Hall–Kier alpha value is -1.90. The Kier molecular flexibility index (Phi) is 2.37. The maximum absolute atomic E-state index is 9.60. The minimum atomic E-state index is 0.209. The molecule has 0 aliphatic rings. The fourth-order valence-electron chi connectivity index (χ4n) is 1.50. The van der Waals surface area contributed by atoms with Crippen molar-refractivity contribution >= 4 is 0 Å². The minimum absolute atomic E-state index is 0.209. The molecule has 0 radical (unpaired) electrons. The first-order valence-electron chi connectivity index (χ1n) is 4.77. The Labute approximate surface area is 88.5 Å². The average molecular weight is 200 g/mol. The predicted octanol–water partition coefficient (Wildman–Crippen LogP) is 2.47. The van der Waals surface area contributed by atoms with Gasteiger partial charge in [0, 0.05) is 17.5 Å². The van der Waals surface area contributed by atoms with Gasteiger partial charge in [-0.15, -0.1) is 0 Å². The van der Waals surface area contributed by atoms with Crippen LogP contribution < -0.4 is 0 Å². The summed E-state index contributed by atoms with van der Waals surface area (Å²) < 4.78 is 0. The van der Waals surface area contributed by atoms with Crippen LogP contribution in [0.5, 0.6) is 5.75 Å². The van der Waals surface area contributed by atoms with Crippen LogP contribution in [0.3, 0.4) is 0 Å². The molecule has 0 atom stereocenters. The smallest absolute Gasteiger partial charge is 0.137 e. The van der Waals surface area contributed by atoms with Crippen LogP contribution in [0.25, 0.3) is 11.3 Å². The molecule has 0 fully saturated rings. The highest BCUT2D eigenvalue weighted by molar-refractivity contribution is 5.63. The first-order valence-corrected chi connectivity index (χ1v) is 4.77. The number of aryl methyl sites for hydroxylation is 2. The fraction of sp³-hybridized carbons (Fsp3) is 0.167. The summed E-state index contributed by atoms with van der Waals surface area (Å²) in [5.74, 6) is 0.209. The summed E-state index contributed by atoms with van der Waals surface area (Å²) in [6, 6.07) is 7.39. The van der Waals surface area contributed by atoms with Crippen molar-refractivity contribution < 1.29 is 5.11 Å². The van der Waals surface area contributed by atoms with Gasteiger partial charge in [-0.3, -0.25) is 9.97 Å². The number of aromatic nitrogens is 2. The summed E-state index contributed by atoms with van der Waals surface area (Å²) in [5.41, 5.74) is 3.23. The zero-order chi connectivity index (χ0) is 10.8. The highest BCUT2D eigenvalue weighted by atomic mass is 16.3. The lowest BCUT2D eigenvalue weighted by atomic mass is 10.1. The van der Waals surface area contributed by atoms with E-state index >= 15 is 0 Å². The number of rotatable bonds is 1. The molecule has 2 rings (SSSR count). The van der Waals surface area contributed by atoms with Crippen molar-refractivity contribution in [1.82, 2.24) is 9.97 Å². The fourth-order valence-corrected chi connectivity index (χ4v) is 1.50. The van der Waals surface area contributed by atoms with Crippen molar-refractivity contribution in [2.75, 3.05) is 0 Å². The summed E-state index contributed by atoms with van der Waals surface area (Å²) in [7, 11) is 0. The third kappa shape index (κ3) is 1.81. The monoisotopic (exact) mass is 200 g/mol. The molecule has 76 valence electrons. The van der Waals surface area contributed by atoms with E-state index in [-0.39, 0.29) is 5.75 Å². The molecule has 3 nitrogen and oxygen atoms in total. The van der Waals surface area contributed by atoms with Gasteiger partial charge < -0.3 is 5.11 Å². The second kappa shape index (κ2) is 3.69. The van der Waals surface area contributed by atoms with E-state index in [1.54, 1.807) is 19.2 Å². The Balaban J connectivity index is 2.59. The third-order valence-corrected chi connectivity index (χ3v) is 2.32. The van der Waals surface area contributed by atoms with Gasteiger partial charge in [-0.25, -0.2) is 0 Å². The lowest BCUT2D eigenvalue weighted by Gasteiger charge is -2.06. The van der Waals surface area contributed by atoms with Crippen LogP contribution in [0.1, 0.15) is 11.4 Å². The van der Waals surface area contributed by atoms with E-state index in [9.17, 15) is 5.11 Å². The van der Waals surface area contributed by atoms with E-state index in [4.69, 9.17) is 0 Å². The number of hydrogen-bond acceptors (Lipinski definition) is 3. The molecule has 0 spiro atoms. The molecule has 0 aliphatic carbocycles. The molecule has 15 heavy (non-hydrogen) atoms. The standard InChI is InChI=1S/C12H12N2O/c1-8-10(7-12(15)9(2)14-8)11-5-3-4-6-13-11/h3-7,15H,1-2H3. The van der Waals surface area contributed by atoms with Gasteiger partial charge in [0.25, 0.3) is 0 Å². The zero-order valence-corrected chi connectivity index (χ0v) is 8.73. The van der Waals surface area contributed by atoms with E-state index < -0.39 is 0 Å². The quantitative estimate of drug-likeness (QED) is 0.769. The number of aromatic hydroxyl groups is 1. The molecular weight excluding hydrogens is 188 g/mol. The van der Waals surface area contributed by atoms with E-state index in [1.165, 1.54) is 0 Å². The highest BCUT2D eigenvalue weighted by Gasteiger charge is 2.07. The van der Waals surface area contributed by atoms with Crippen LogP contribution in [0.4, 0.5) is 0 Å². The highest BCUT2D eigenvalue weighted by Crippen LogP contribution is 2.25. The van der Waals surface area contributed by atoms with E-state index in [2.05, 4.69) is 9.97 Å². The van der Waals surface area contributed by atoms with Crippen molar-refractivity contribution in [2.24, 2.45) is 0 Å². The molecule has 2 aromatic heterocycles. The summed E-state index contributed by atoms with van der Waals surface area (Å²) in [6.45, 7) is 3.70. The number of hydrogen-bond donors (Lipinski definition) is 1. The van der Waals surface area contributed by atoms with Gasteiger partial charge in [-0.1, -0.05) is 6.07 Å². The molecule has 1 N–H and O–H groups in total. The molecule has 2 aromatic rings. The normalized spacial score (nSPS) is 10.3. The molecule has 0 aromatic carbocycles. The first kappa shape index (κ1) is 9.65. The summed E-state index contributed by atoms with van der Waals surface area (Å²) >= 11 is 0. The van der Waals surface area contributed by atoms with Crippen molar-refractivity contribution in [3.63, 3.8) is 0 Å². The average Bonchev–Trinajstić information content (AvgIpc) is 2.25. The topological polar surface area (TPSA) is 46.0 Å². The second-order valence-corrected chi connectivity index (χ2v) is 3.44. The molecule has 2 heterocycles. The number of nitrogens with zero attached hydrogens (tertiary/aromatic N) is 2. The van der Waals surface area contributed by atoms with Gasteiger partial charge in [0.05, 0.1) is 11.4 Å². The summed E-state index contributed by atoms with van der Waals surface area (Å²) in [5, 5.41) is 9.60. The molecule has 0 amide bonds. The number of pyridine rings is 2. The van der Waals surface area contributed by atoms with Crippen molar-refractivity contribution in [1.29, 1.82) is 0 Å². The SMILES string of the molecule is Cc1nc(C)c(-c2ccccn2)cc1O. The Morgan fingerprint density at radius 3 is 2.60 bits per heavy atom. The maximum Gasteiger partial charge on any atom is 0.137 e. The van der Waals surface area contributed by atoms with Gasteiger partial charge in [-0.05, 0) is 32.0 Å².